The third kappa shape index (κ3) is 7.87. The van der Waals surface area contributed by atoms with Gasteiger partial charge in [-0.15, -0.1) is 0 Å². The van der Waals surface area contributed by atoms with Gasteiger partial charge >= 0.3 is 0 Å². The summed E-state index contributed by atoms with van der Waals surface area (Å²) in [6.45, 7) is 4.72. The highest BCUT2D eigenvalue weighted by Gasteiger charge is 2.49. The number of primary amides is 1. The number of nitrogens with zero attached hydrogens (tertiary/aromatic N) is 1. The smallest absolute Gasteiger partial charge is 0.244 e. The number of pyridine rings is 1. The number of hydrogen-bond donors (Lipinski definition) is 4. The first-order chi connectivity index (χ1) is 18.8. The zero-order chi connectivity index (χ0) is 28.3. The van der Waals surface area contributed by atoms with E-state index < -0.39 is 29.2 Å². The average Bonchev–Trinajstić information content (AvgIpc) is 2.96. The monoisotopic (exact) mass is 531 g/mol. The second-order valence-electron chi connectivity index (χ2n) is 9.31. The topological polar surface area (TPSA) is 149 Å². The van der Waals surface area contributed by atoms with E-state index in [1.165, 1.54) is 0 Å². The molecule has 0 aliphatic heterocycles. The lowest BCUT2D eigenvalue weighted by molar-refractivity contribution is -0.140. The molecule has 0 saturated heterocycles. The molecule has 0 fully saturated rings. The molecule has 1 heterocycles. The van der Waals surface area contributed by atoms with E-state index in [1.54, 1.807) is 55.6 Å². The van der Waals surface area contributed by atoms with Crippen LogP contribution >= 0.6 is 0 Å². The first-order valence-electron chi connectivity index (χ1n) is 13.1. The number of carbonyl (C=O) groups is 3. The van der Waals surface area contributed by atoms with Crippen molar-refractivity contribution in [1.29, 1.82) is 0 Å². The lowest BCUT2D eigenvalue weighted by Gasteiger charge is -2.38. The van der Waals surface area contributed by atoms with Crippen LogP contribution in [0.5, 0.6) is 5.75 Å². The van der Waals surface area contributed by atoms with Crippen molar-refractivity contribution in [3.8, 4) is 5.75 Å². The van der Waals surface area contributed by atoms with E-state index in [1.807, 2.05) is 31.2 Å². The van der Waals surface area contributed by atoms with E-state index >= 15 is 0 Å². The number of rotatable bonds is 14. The lowest BCUT2D eigenvalue weighted by Crippen LogP contribution is -2.66. The average molecular weight is 532 g/mol. The minimum absolute atomic E-state index is 0.0105. The summed E-state index contributed by atoms with van der Waals surface area (Å²) >= 11 is 0. The fourth-order valence-electron chi connectivity index (χ4n) is 4.43. The van der Waals surface area contributed by atoms with Gasteiger partial charge in [-0.25, -0.2) is 0 Å². The lowest BCUT2D eigenvalue weighted by atomic mass is 9.74. The molecule has 2 atom stereocenters. The quantitative estimate of drug-likeness (QED) is 0.251. The fourth-order valence-corrected chi connectivity index (χ4v) is 4.43. The van der Waals surface area contributed by atoms with Gasteiger partial charge in [-0.1, -0.05) is 49.4 Å². The molecular formula is C30H37N5O4. The Kier molecular flexibility index (Phi) is 10.6. The number of ether oxygens (including phenoxy) is 1. The van der Waals surface area contributed by atoms with Crippen molar-refractivity contribution < 1.29 is 19.1 Å². The second-order valence-corrected chi connectivity index (χ2v) is 9.31. The normalized spacial score (nSPS) is 13.1. The standard InChI is InChI=1S/C30H37N5O4/c1-3-27(36)35-30(29(32)38,18-21-12-14-25(15-13-21)39-4-2)26(17-24-7-5-6-16-33-24)28(37)34-20-23-10-8-22(19-31)9-11-23/h5-16,26H,3-4,17-20,31H2,1-2H3,(H2,32,38)(H,34,37)(H,35,36)/t26-,30?/m1/s1. The Hall–Kier alpha value is -4.24. The summed E-state index contributed by atoms with van der Waals surface area (Å²) in [6.07, 6.45) is 1.83. The largest absolute Gasteiger partial charge is 0.494 e. The maximum Gasteiger partial charge on any atom is 0.244 e. The van der Waals surface area contributed by atoms with Gasteiger partial charge < -0.3 is 26.8 Å². The highest BCUT2D eigenvalue weighted by atomic mass is 16.5. The van der Waals surface area contributed by atoms with Crippen LogP contribution in [0.15, 0.2) is 72.9 Å². The van der Waals surface area contributed by atoms with Crippen molar-refractivity contribution in [2.24, 2.45) is 17.4 Å². The minimum atomic E-state index is -1.72. The maximum atomic E-state index is 13.9. The van der Waals surface area contributed by atoms with Gasteiger partial charge in [0.15, 0.2) is 0 Å². The minimum Gasteiger partial charge on any atom is -0.494 e. The van der Waals surface area contributed by atoms with E-state index in [-0.39, 0.29) is 25.8 Å². The summed E-state index contributed by atoms with van der Waals surface area (Å²) < 4.78 is 5.53. The van der Waals surface area contributed by atoms with E-state index in [4.69, 9.17) is 16.2 Å². The molecule has 0 spiro atoms. The highest BCUT2D eigenvalue weighted by Crippen LogP contribution is 2.28. The molecule has 0 bridgehead atoms. The van der Waals surface area contributed by atoms with E-state index in [9.17, 15) is 14.4 Å². The Morgan fingerprint density at radius 1 is 0.949 bits per heavy atom. The number of nitrogens with two attached hydrogens (primary N) is 2. The molecule has 9 nitrogen and oxygen atoms in total. The number of aromatic nitrogens is 1. The van der Waals surface area contributed by atoms with Gasteiger partial charge in [-0.3, -0.25) is 19.4 Å². The first-order valence-corrected chi connectivity index (χ1v) is 13.1. The Morgan fingerprint density at radius 2 is 1.62 bits per heavy atom. The van der Waals surface area contributed by atoms with E-state index in [0.717, 1.165) is 11.1 Å². The molecule has 3 rings (SSSR count). The predicted molar refractivity (Wildman–Crippen MR) is 149 cm³/mol. The predicted octanol–water partition coefficient (Wildman–Crippen LogP) is 2.41. The first kappa shape index (κ1) is 29.3. The number of amides is 3. The van der Waals surface area contributed by atoms with Crippen LogP contribution in [0.4, 0.5) is 0 Å². The summed E-state index contributed by atoms with van der Waals surface area (Å²) in [6, 6.07) is 20.1. The van der Waals surface area contributed by atoms with Crippen LogP contribution < -0.4 is 26.8 Å². The summed E-state index contributed by atoms with van der Waals surface area (Å²) in [5.41, 5.74) is 13.2. The van der Waals surface area contributed by atoms with Gasteiger partial charge in [0, 0.05) is 44.2 Å². The molecule has 6 N–H and O–H groups in total. The molecule has 1 aromatic heterocycles. The second kappa shape index (κ2) is 14.1. The number of carbonyl (C=O) groups excluding carboxylic acids is 3. The maximum absolute atomic E-state index is 13.9. The van der Waals surface area contributed by atoms with Gasteiger partial charge in [0.2, 0.25) is 17.7 Å². The molecule has 0 aliphatic carbocycles. The summed E-state index contributed by atoms with van der Waals surface area (Å²) in [5, 5.41) is 5.78. The number of benzene rings is 2. The van der Waals surface area contributed by atoms with E-state index in [0.29, 0.717) is 30.2 Å². The van der Waals surface area contributed by atoms with Crippen molar-refractivity contribution in [3.05, 3.63) is 95.3 Å². The van der Waals surface area contributed by atoms with Crippen LogP contribution in [0.1, 0.15) is 42.7 Å². The molecule has 3 aromatic rings. The van der Waals surface area contributed by atoms with Gasteiger partial charge in [0.05, 0.1) is 12.5 Å². The Balaban J connectivity index is 2.01. The van der Waals surface area contributed by atoms with Crippen molar-refractivity contribution in [2.75, 3.05) is 6.61 Å². The molecule has 3 amide bonds. The summed E-state index contributed by atoms with van der Waals surface area (Å²) in [4.78, 5) is 44.3. The van der Waals surface area contributed by atoms with Crippen molar-refractivity contribution >= 4 is 17.7 Å². The third-order valence-corrected chi connectivity index (χ3v) is 6.62. The molecule has 2 aromatic carbocycles. The summed E-state index contributed by atoms with van der Waals surface area (Å²) in [5.74, 6) is -2.00. The molecule has 9 heteroatoms. The van der Waals surface area contributed by atoms with Crippen LogP contribution in [0, 0.1) is 5.92 Å². The highest BCUT2D eigenvalue weighted by molar-refractivity contribution is 5.96. The Labute approximate surface area is 229 Å². The van der Waals surface area contributed by atoms with Crippen LogP contribution in [-0.2, 0) is 40.3 Å². The SMILES string of the molecule is CCOc1ccc(CC(NC(=O)CC)(C(N)=O)[C@H](Cc2ccccn2)C(=O)NCc2ccc(CN)cc2)cc1. The Morgan fingerprint density at radius 3 is 2.18 bits per heavy atom. The van der Waals surface area contributed by atoms with Crippen LogP contribution in [0.3, 0.4) is 0 Å². The van der Waals surface area contributed by atoms with Gasteiger partial charge in [-0.2, -0.15) is 0 Å². The molecule has 1 unspecified atom stereocenters. The Bertz CT molecular complexity index is 1230. The third-order valence-electron chi connectivity index (χ3n) is 6.62. The molecule has 0 saturated carbocycles. The molecular weight excluding hydrogens is 494 g/mol. The van der Waals surface area contributed by atoms with Crippen LogP contribution in [0.2, 0.25) is 0 Å². The van der Waals surface area contributed by atoms with Gasteiger partial charge in [-0.05, 0) is 47.9 Å². The van der Waals surface area contributed by atoms with Crippen molar-refractivity contribution in [2.45, 2.75) is 51.7 Å². The molecule has 0 radical (unpaired) electrons. The van der Waals surface area contributed by atoms with Crippen molar-refractivity contribution in [1.82, 2.24) is 15.6 Å². The van der Waals surface area contributed by atoms with Crippen molar-refractivity contribution in [3.63, 3.8) is 0 Å². The molecule has 39 heavy (non-hydrogen) atoms. The van der Waals surface area contributed by atoms with Crippen LogP contribution in [0.25, 0.3) is 0 Å². The van der Waals surface area contributed by atoms with Gasteiger partial charge in [0.1, 0.15) is 11.3 Å². The number of nitrogens with one attached hydrogen (secondary N) is 2. The van der Waals surface area contributed by atoms with Gasteiger partial charge in [0.25, 0.3) is 0 Å². The fraction of sp³-hybridized carbons (Fsp3) is 0.333. The summed E-state index contributed by atoms with van der Waals surface area (Å²) in [7, 11) is 0. The zero-order valence-electron chi connectivity index (χ0n) is 22.5. The molecule has 0 aliphatic rings. The number of hydrogen-bond acceptors (Lipinski definition) is 6. The van der Waals surface area contributed by atoms with E-state index in [2.05, 4.69) is 15.6 Å². The zero-order valence-corrected chi connectivity index (χ0v) is 22.5. The van der Waals surface area contributed by atoms with Crippen LogP contribution in [-0.4, -0.2) is 34.9 Å². The molecule has 206 valence electrons.